The van der Waals surface area contributed by atoms with Crippen molar-refractivity contribution in [1.29, 1.82) is 5.26 Å². The second-order valence-electron chi connectivity index (χ2n) is 5.09. The van der Waals surface area contributed by atoms with Crippen molar-refractivity contribution in [3.05, 3.63) is 33.9 Å². The van der Waals surface area contributed by atoms with Gasteiger partial charge in [0.1, 0.15) is 17.2 Å². The molecule has 0 aliphatic carbocycles. The SMILES string of the molecule is CC1(C)C(=O)NC(=O)CN1c1ccc(C#N)c([N+](=O)[O-])c1. The molecular weight excluding hydrogens is 276 g/mol. The molecule has 1 aromatic rings. The molecule has 21 heavy (non-hydrogen) atoms. The fraction of sp³-hybridized carbons (Fsp3) is 0.308. The summed E-state index contributed by atoms with van der Waals surface area (Å²) in [6, 6.07) is 5.73. The molecule has 1 fully saturated rings. The van der Waals surface area contributed by atoms with Gasteiger partial charge in [-0.1, -0.05) is 0 Å². The maximum absolute atomic E-state index is 11.9. The van der Waals surface area contributed by atoms with E-state index in [1.807, 2.05) is 0 Å². The monoisotopic (exact) mass is 288 g/mol. The van der Waals surface area contributed by atoms with Crippen LogP contribution in [0.3, 0.4) is 0 Å². The number of carbonyl (C=O) groups excluding carboxylic acids is 2. The summed E-state index contributed by atoms with van der Waals surface area (Å²) < 4.78 is 0. The summed E-state index contributed by atoms with van der Waals surface area (Å²) in [7, 11) is 0. The maximum Gasteiger partial charge on any atom is 0.289 e. The van der Waals surface area contributed by atoms with Crippen LogP contribution in [-0.2, 0) is 9.59 Å². The lowest BCUT2D eigenvalue weighted by Crippen LogP contribution is -2.64. The molecule has 0 atom stereocenters. The van der Waals surface area contributed by atoms with Crippen LogP contribution in [0.4, 0.5) is 11.4 Å². The zero-order chi connectivity index (χ0) is 15.8. The fourth-order valence-electron chi connectivity index (χ4n) is 2.13. The summed E-state index contributed by atoms with van der Waals surface area (Å²) in [4.78, 5) is 35.2. The lowest BCUT2D eigenvalue weighted by atomic mass is 9.97. The van der Waals surface area contributed by atoms with Crippen LogP contribution in [0.5, 0.6) is 0 Å². The van der Waals surface area contributed by atoms with E-state index in [0.29, 0.717) is 5.69 Å². The molecule has 0 bridgehead atoms. The molecular formula is C13H12N4O4. The van der Waals surface area contributed by atoms with Crippen molar-refractivity contribution in [1.82, 2.24) is 5.32 Å². The number of imide groups is 1. The van der Waals surface area contributed by atoms with Crippen LogP contribution in [0.1, 0.15) is 19.4 Å². The molecule has 0 radical (unpaired) electrons. The van der Waals surface area contributed by atoms with E-state index in [-0.39, 0.29) is 17.8 Å². The minimum Gasteiger partial charge on any atom is -0.348 e. The van der Waals surface area contributed by atoms with Crippen molar-refractivity contribution >= 4 is 23.2 Å². The van der Waals surface area contributed by atoms with Crippen molar-refractivity contribution in [3.63, 3.8) is 0 Å². The average molecular weight is 288 g/mol. The van der Waals surface area contributed by atoms with Crippen molar-refractivity contribution in [2.75, 3.05) is 11.4 Å². The molecule has 8 heteroatoms. The third kappa shape index (κ3) is 2.41. The number of nitriles is 1. The first-order chi connectivity index (χ1) is 9.77. The highest BCUT2D eigenvalue weighted by atomic mass is 16.6. The molecule has 108 valence electrons. The molecule has 1 saturated heterocycles. The van der Waals surface area contributed by atoms with Gasteiger partial charge >= 0.3 is 0 Å². The van der Waals surface area contributed by atoms with E-state index in [0.717, 1.165) is 0 Å². The minimum atomic E-state index is -1.03. The number of benzene rings is 1. The van der Waals surface area contributed by atoms with Crippen molar-refractivity contribution in [2.45, 2.75) is 19.4 Å². The number of carbonyl (C=O) groups is 2. The highest BCUT2D eigenvalue weighted by molar-refractivity contribution is 6.06. The van der Waals surface area contributed by atoms with E-state index in [9.17, 15) is 19.7 Å². The molecule has 1 heterocycles. The standard InChI is InChI=1S/C13H12N4O4/c1-13(2)12(19)15-11(18)7-16(13)9-4-3-8(6-14)10(5-9)17(20)21/h3-5H,7H2,1-2H3,(H,15,18,19). The number of amides is 2. The Morgan fingerprint density at radius 3 is 2.67 bits per heavy atom. The van der Waals surface area contributed by atoms with Crippen LogP contribution in [0.2, 0.25) is 0 Å². The lowest BCUT2D eigenvalue weighted by Gasteiger charge is -2.41. The van der Waals surface area contributed by atoms with Gasteiger partial charge in [-0.15, -0.1) is 0 Å². The quantitative estimate of drug-likeness (QED) is 0.486. The predicted molar refractivity (Wildman–Crippen MR) is 72.4 cm³/mol. The smallest absolute Gasteiger partial charge is 0.289 e. The molecule has 0 spiro atoms. The summed E-state index contributed by atoms with van der Waals surface area (Å²) in [6.45, 7) is 3.12. The number of rotatable bonds is 2. The Balaban J connectivity index is 2.53. The molecule has 0 unspecified atom stereocenters. The summed E-state index contributed by atoms with van der Waals surface area (Å²) >= 11 is 0. The number of nitrogens with one attached hydrogen (secondary N) is 1. The molecule has 8 nitrogen and oxygen atoms in total. The summed E-state index contributed by atoms with van der Waals surface area (Å²) in [5, 5.41) is 22.1. The van der Waals surface area contributed by atoms with Gasteiger partial charge in [0.05, 0.1) is 11.5 Å². The molecule has 2 rings (SSSR count). The second-order valence-corrected chi connectivity index (χ2v) is 5.09. The Kier molecular flexibility index (Phi) is 3.35. The van der Waals surface area contributed by atoms with E-state index in [1.54, 1.807) is 19.9 Å². The van der Waals surface area contributed by atoms with Crippen LogP contribution in [0.25, 0.3) is 0 Å². The largest absolute Gasteiger partial charge is 0.348 e. The third-order valence-electron chi connectivity index (χ3n) is 3.40. The van der Waals surface area contributed by atoms with Gasteiger partial charge in [-0.2, -0.15) is 5.26 Å². The molecule has 1 aliphatic heterocycles. The number of anilines is 1. The topological polar surface area (TPSA) is 116 Å². The van der Waals surface area contributed by atoms with Crippen LogP contribution in [-0.4, -0.2) is 28.8 Å². The zero-order valence-corrected chi connectivity index (χ0v) is 11.4. The fourth-order valence-corrected chi connectivity index (χ4v) is 2.13. The molecule has 0 saturated carbocycles. The van der Waals surface area contributed by atoms with Gasteiger partial charge in [0.15, 0.2) is 0 Å². The molecule has 1 aliphatic rings. The number of piperazine rings is 1. The number of nitro groups is 1. The summed E-state index contributed by atoms with van der Waals surface area (Å²) in [5.74, 6) is -0.961. The normalized spacial score (nSPS) is 17.1. The van der Waals surface area contributed by atoms with Crippen molar-refractivity contribution in [3.8, 4) is 6.07 Å². The van der Waals surface area contributed by atoms with Crippen molar-refractivity contribution in [2.24, 2.45) is 0 Å². The van der Waals surface area contributed by atoms with Crippen LogP contribution < -0.4 is 10.2 Å². The Hall–Kier alpha value is -2.95. The summed E-state index contributed by atoms with van der Waals surface area (Å²) in [5.41, 5.74) is -1.12. The lowest BCUT2D eigenvalue weighted by molar-refractivity contribution is -0.385. The average Bonchev–Trinajstić information content (AvgIpc) is 2.42. The van der Waals surface area contributed by atoms with E-state index < -0.39 is 22.3 Å². The first-order valence-corrected chi connectivity index (χ1v) is 6.08. The Bertz CT molecular complexity index is 690. The zero-order valence-electron chi connectivity index (χ0n) is 11.4. The molecule has 2 amide bonds. The van der Waals surface area contributed by atoms with Gasteiger partial charge in [-0.05, 0) is 26.0 Å². The number of nitrogens with zero attached hydrogens (tertiary/aromatic N) is 3. The van der Waals surface area contributed by atoms with E-state index in [1.165, 1.54) is 23.1 Å². The number of hydrogen-bond acceptors (Lipinski definition) is 6. The Morgan fingerprint density at radius 1 is 1.43 bits per heavy atom. The molecule has 1 aromatic carbocycles. The molecule has 0 aromatic heterocycles. The first kappa shape index (κ1) is 14.5. The van der Waals surface area contributed by atoms with Gasteiger partial charge in [0.25, 0.3) is 11.6 Å². The van der Waals surface area contributed by atoms with E-state index in [4.69, 9.17) is 5.26 Å². The second kappa shape index (κ2) is 4.86. The van der Waals surface area contributed by atoms with Gasteiger partial charge in [0.2, 0.25) is 5.91 Å². The van der Waals surface area contributed by atoms with Crippen LogP contribution in [0.15, 0.2) is 18.2 Å². The summed E-state index contributed by atoms with van der Waals surface area (Å²) in [6.07, 6.45) is 0. The Labute approximate surface area is 120 Å². The maximum atomic E-state index is 11.9. The van der Waals surface area contributed by atoms with Crippen molar-refractivity contribution < 1.29 is 14.5 Å². The highest BCUT2D eigenvalue weighted by Gasteiger charge is 2.41. The van der Waals surface area contributed by atoms with Gasteiger partial charge < -0.3 is 4.90 Å². The van der Waals surface area contributed by atoms with E-state index >= 15 is 0 Å². The number of nitro benzene ring substituents is 1. The minimum absolute atomic E-state index is 0.0747. The van der Waals surface area contributed by atoms with Gasteiger partial charge in [0, 0.05) is 11.8 Å². The van der Waals surface area contributed by atoms with E-state index in [2.05, 4.69) is 5.32 Å². The third-order valence-corrected chi connectivity index (χ3v) is 3.40. The van der Waals surface area contributed by atoms with Crippen LogP contribution >= 0.6 is 0 Å². The van der Waals surface area contributed by atoms with Crippen LogP contribution in [0, 0.1) is 21.4 Å². The van der Waals surface area contributed by atoms with Gasteiger partial charge in [-0.3, -0.25) is 25.0 Å². The predicted octanol–water partition coefficient (Wildman–Crippen LogP) is 0.708. The van der Waals surface area contributed by atoms with Gasteiger partial charge in [-0.25, -0.2) is 0 Å². The number of hydrogen-bond donors (Lipinski definition) is 1. The molecule has 1 N–H and O–H groups in total. The highest BCUT2D eigenvalue weighted by Crippen LogP contribution is 2.30. The first-order valence-electron chi connectivity index (χ1n) is 6.08. The Morgan fingerprint density at radius 2 is 2.10 bits per heavy atom.